The van der Waals surface area contributed by atoms with Gasteiger partial charge in [0, 0.05) is 10.0 Å². The average Bonchev–Trinajstić information content (AvgIpc) is 2.60. The van der Waals surface area contributed by atoms with Crippen LogP contribution < -0.4 is 10.6 Å². The lowest BCUT2D eigenvalue weighted by Gasteiger charge is -2.14. The van der Waals surface area contributed by atoms with Gasteiger partial charge in [-0.3, -0.25) is 9.59 Å². The summed E-state index contributed by atoms with van der Waals surface area (Å²) in [5, 5.41) is 9.87. The van der Waals surface area contributed by atoms with Crippen LogP contribution in [0.1, 0.15) is 0 Å². The highest BCUT2D eigenvalue weighted by Crippen LogP contribution is 2.27. The van der Waals surface area contributed by atoms with Gasteiger partial charge in [-0.05, 0) is 36.4 Å². The predicted molar refractivity (Wildman–Crippen MR) is 109 cm³/mol. The highest BCUT2D eigenvalue weighted by molar-refractivity contribution is 6.38. The second-order valence-corrected chi connectivity index (χ2v) is 6.83. The molecule has 0 heterocycles. The molecule has 0 aromatic heterocycles. The Hall–Kier alpha value is -1.99. The fraction of sp³-hybridized carbons (Fsp3) is 0.118. The van der Waals surface area contributed by atoms with Crippen molar-refractivity contribution in [2.45, 2.75) is 0 Å². The van der Waals surface area contributed by atoms with Gasteiger partial charge in [-0.1, -0.05) is 51.6 Å². The van der Waals surface area contributed by atoms with E-state index in [1.54, 1.807) is 12.1 Å². The molecule has 2 amide bonds. The maximum Gasteiger partial charge on any atom is 0.242 e. The Morgan fingerprint density at radius 1 is 0.926 bits per heavy atom. The van der Waals surface area contributed by atoms with E-state index < -0.39 is 17.7 Å². The van der Waals surface area contributed by atoms with Gasteiger partial charge in [-0.25, -0.2) is 0 Å². The van der Waals surface area contributed by atoms with Crippen molar-refractivity contribution in [3.8, 4) is 0 Å². The van der Waals surface area contributed by atoms with Crippen LogP contribution in [-0.2, 0) is 14.4 Å². The van der Waals surface area contributed by atoms with Crippen LogP contribution in [0.3, 0.4) is 0 Å². The molecule has 0 atom stereocenters. The summed E-state index contributed by atoms with van der Waals surface area (Å²) in [5.41, 5.74) is 0.582. The van der Waals surface area contributed by atoms with Crippen LogP contribution in [0.25, 0.3) is 0 Å². The molecule has 0 aliphatic carbocycles. The molecule has 0 saturated carbocycles. The summed E-state index contributed by atoms with van der Waals surface area (Å²) in [6, 6.07) is 9.06. The maximum atomic E-state index is 12.6. The molecule has 0 unspecified atom stereocenters. The van der Waals surface area contributed by atoms with E-state index in [-0.39, 0.29) is 10.0 Å². The summed E-state index contributed by atoms with van der Waals surface area (Å²) in [6.45, 7) is 0. The normalized spacial score (nSPS) is 10.9. The van der Waals surface area contributed by atoms with Crippen molar-refractivity contribution in [1.29, 1.82) is 0 Å². The van der Waals surface area contributed by atoms with Crippen LogP contribution >= 0.6 is 46.4 Å². The molecule has 2 aromatic rings. The zero-order valence-electron chi connectivity index (χ0n) is 13.8. The lowest BCUT2D eigenvalue weighted by molar-refractivity contribution is -0.126. The molecule has 10 heteroatoms. The molecule has 0 aliphatic rings. The Bertz CT molecular complexity index is 824. The van der Waals surface area contributed by atoms with Crippen molar-refractivity contribution in [2.24, 2.45) is 11.1 Å². The molecular weight excluding hydrogens is 436 g/mol. The van der Waals surface area contributed by atoms with Gasteiger partial charge in [0.25, 0.3) is 0 Å². The van der Waals surface area contributed by atoms with Gasteiger partial charge >= 0.3 is 0 Å². The topological polar surface area (TPSA) is 79.8 Å². The van der Waals surface area contributed by atoms with Crippen LogP contribution in [-0.4, -0.2) is 25.1 Å². The number of nitrogens with one attached hydrogen (secondary N) is 2. The highest BCUT2D eigenvalue weighted by Gasteiger charge is 2.26. The highest BCUT2D eigenvalue weighted by atomic mass is 35.5. The zero-order chi connectivity index (χ0) is 20.0. The zero-order valence-corrected chi connectivity index (χ0v) is 16.8. The molecule has 27 heavy (non-hydrogen) atoms. The van der Waals surface area contributed by atoms with Gasteiger partial charge in [0.1, 0.15) is 7.11 Å². The van der Waals surface area contributed by atoms with Crippen LogP contribution in [0.5, 0.6) is 0 Å². The summed E-state index contributed by atoms with van der Waals surface area (Å²) in [4.78, 5) is 29.7. The Morgan fingerprint density at radius 3 is 1.74 bits per heavy atom. The van der Waals surface area contributed by atoms with Gasteiger partial charge in [0.05, 0.1) is 27.6 Å². The number of nitrogens with zero attached hydrogens (tertiary/aromatic N) is 1. The number of oxime groups is 1. The quantitative estimate of drug-likeness (QED) is 0.365. The van der Waals surface area contributed by atoms with Crippen molar-refractivity contribution in [3.05, 3.63) is 56.5 Å². The first-order valence-electron chi connectivity index (χ1n) is 7.40. The smallest absolute Gasteiger partial charge is 0.242 e. The van der Waals surface area contributed by atoms with E-state index >= 15 is 0 Å². The molecule has 0 aliphatic heterocycles. The van der Waals surface area contributed by atoms with E-state index in [0.29, 0.717) is 21.4 Å². The molecule has 0 saturated heterocycles. The van der Waals surface area contributed by atoms with E-state index in [4.69, 9.17) is 46.4 Å². The van der Waals surface area contributed by atoms with Gasteiger partial charge in [-0.2, -0.15) is 0 Å². The second kappa shape index (κ2) is 9.80. The summed E-state index contributed by atoms with van der Waals surface area (Å²) in [7, 11) is 1.29. The number of rotatable bonds is 6. The van der Waals surface area contributed by atoms with E-state index in [9.17, 15) is 9.59 Å². The van der Waals surface area contributed by atoms with E-state index in [0.717, 1.165) is 6.21 Å². The maximum absolute atomic E-state index is 12.6. The molecule has 0 radical (unpaired) electrons. The van der Waals surface area contributed by atoms with Gasteiger partial charge in [0.2, 0.25) is 11.8 Å². The molecule has 0 bridgehead atoms. The molecule has 142 valence electrons. The Balaban J connectivity index is 2.21. The summed E-state index contributed by atoms with van der Waals surface area (Å²) >= 11 is 23.7. The van der Waals surface area contributed by atoms with Crippen LogP contribution in [0.4, 0.5) is 11.4 Å². The van der Waals surface area contributed by atoms with Crippen molar-refractivity contribution in [1.82, 2.24) is 0 Å². The Morgan fingerprint density at radius 2 is 1.37 bits per heavy atom. The summed E-state index contributed by atoms with van der Waals surface area (Å²) < 4.78 is 0. The first-order valence-corrected chi connectivity index (χ1v) is 8.91. The number of benzene rings is 2. The molecule has 2 N–H and O–H groups in total. The van der Waals surface area contributed by atoms with Gasteiger partial charge < -0.3 is 15.5 Å². The minimum Gasteiger partial charge on any atom is -0.399 e. The first kappa shape index (κ1) is 21.3. The number of hydrogen-bond donors (Lipinski definition) is 2. The van der Waals surface area contributed by atoms with Crippen LogP contribution in [0, 0.1) is 5.92 Å². The minimum atomic E-state index is -1.32. The molecule has 2 rings (SSSR count). The SMILES string of the molecule is CO/N=C/C(C(=O)Nc1ccc(Cl)cc1Cl)C(=O)Nc1ccc(Cl)cc1Cl. The molecule has 2 aromatic carbocycles. The monoisotopic (exact) mass is 447 g/mol. The number of amides is 2. The standard InChI is InChI=1S/C17H13Cl4N3O3/c1-27-22-8-11(16(25)23-14-4-2-9(18)6-12(14)20)17(26)24-15-5-3-10(19)7-13(15)21/h2-8,11H,1H3,(H,23,25)(H,24,26)/b22-8+. The van der Waals surface area contributed by atoms with E-state index in [1.807, 2.05) is 0 Å². The van der Waals surface area contributed by atoms with Gasteiger partial charge in [-0.15, -0.1) is 0 Å². The fourth-order valence-corrected chi connectivity index (χ4v) is 2.89. The molecular formula is C17H13Cl4N3O3. The number of carbonyl (C=O) groups is 2. The molecule has 6 nitrogen and oxygen atoms in total. The minimum absolute atomic E-state index is 0.222. The first-order chi connectivity index (χ1) is 12.8. The van der Waals surface area contributed by atoms with Gasteiger partial charge in [0.15, 0.2) is 5.92 Å². The Labute approximate surface area is 175 Å². The fourth-order valence-electron chi connectivity index (χ4n) is 1.98. The van der Waals surface area contributed by atoms with E-state index in [2.05, 4.69) is 20.6 Å². The van der Waals surface area contributed by atoms with Crippen molar-refractivity contribution < 1.29 is 14.4 Å². The predicted octanol–water partition coefficient (Wildman–Crippen LogP) is 5.13. The van der Waals surface area contributed by atoms with E-state index in [1.165, 1.54) is 31.4 Å². The largest absolute Gasteiger partial charge is 0.399 e. The Kier molecular flexibility index (Phi) is 7.74. The lowest BCUT2D eigenvalue weighted by Crippen LogP contribution is -2.35. The number of hydrogen-bond acceptors (Lipinski definition) is 4. The van der Waals surface area contributed by atoms with Crippen molar-refractivity contribution >= 4 is 75.8 Å². The van der Waals surface area contributed by atoms with Crippen LogP contribution in [0.2, 0.25) is 20.1 Å². The third-order valence-electron chi connectivity index (χ3n) is 3.26. The summed E-state index contributed by atoms with van der Waals surface area (Å²) in [6.07, 6.45) is 1.05. The molecule has 0 spiro atoms. The summed E-state index contributed by atoms with van der Waals surface area (Å²) in [5.74, 6) is -2.67. The number of carbonyl (C=O) groups excluding carboxylic acids is 2. The third kappa shape index (κ3) is 6.01. The van der Waals surface area contributed by atoms with Crippen molar-refractivity contribution in [3.63, 3.8) is 0 Å². The second-order valence-electron chi connectivity index (χ2n) is 5.14. The average molecular weight is 449 g/mol. The van der Waals surface area contributed by atoms with Crippen LogP contribution in [0.15, 0.2) is 41.6 Å². The van der Waals surface area contributed by atoms with Crippen molar-refractivity contribution in [2.75, 3.05) is 17.7 Å². The third-order valence-corrected chi connectivity index (χ3v) is 4.35. The lowest BCUT2D eigenvalue weighted by atomic mass is 10.1. The molecule has 0 fully saturated rings. The number of halogens is 4. The number of anilines is 2.